The van der Waals surface area contributed by atoms with E-state index >= 15 is 0 Å². The summed E-state index contributed by atoms with van der Waals surface area (Å²) in [5.41, 5.74) is 1.73. The van der Waals surface area contributed by atoms with E-state index < -0.39 is 0 Å². The highest BCUT2D eigenvalue weighted by atomic mass is 16.5. The Labute approximate surface area is 138 Å². The van der Waals surface area contributed by atoms with Crippen molar-refractivity contribution in [2.24, 2.45) is 0 Å². The van der Waals surface area contributed by atoms with Crippen LogP contribution in [0.1, 0.15) is 10.4 Å². The Morgan fingerprint density at radius 3 is 2.71 bits per heavy atom. The number of benzene rings is 3. The highest BCUT2D eigenvalue weighted by Crippen LogP contribution is 2.30. The molecule has 0 aliphatic carbocycles. The normalized spacial score (nSPS) is 12.9. The van der Waals surface area contributed by atoms with Gasteiger partial charge in [0.15, 0.2) is 6.61 Å². The van der Waals surface area contributed by atoms with Gasteiger partial charge in [-0.25, -0.2) is 0 Å². The first-order chi connectivity index (χ1) is 11.7. The second kappa shape index (κ2) is 5.70. The zero-order valence-corrected chi connectivity index (χ0v) is 12.7. The van der Waals surface area contributed by atoms with Crippen LogP contribution in [0.3, 0.4) is 0 Å². The number of amides is 2. The van der Waals surface area contributed by atoms with Gasteiger partial charge in [-0.1, -0.05) is 30.3 Å². The van der Waals surface area contributed by atoms with Gasteiger partial charge in [-0.3, -0.25) is 9.59 Å². The van der Waals surface area contributed by atoms with Crippen molar-refractivity contribution in [2.75, 3.05) is 17.2 Å². The smallest absolute Gasteiger partial charge is 0.262 e. The molecule has 0 radical (unpaired) electrons. The SMILES string of the molecule is O=C1COc2ccc(NC(=O)c3ccc4ccccc4c3)cc2N1. The average Bonchev–Trinajstić information content (AvgIpc) is 2.61. The van der Waals surface area contributed by atoms with E-state index in [9.17, 15) is 9.59 Å². The summed E-state index contributed by atoms with van der Waals surface area (Å²) in [5.74, 6) is 0.183. The first kappa shape index (κ1) is 14.3. The number of carbonyl (C=O) groups is 2. The molecule has 2 N–H and O–H groups in total. The van der Waals surface area contributed by atoms with Crippen molar-refractivity contribution < 1.29 is 14.3 Å². The second-order valence-corrected chi connectivity index (χ2v) is 5.56. The molecule has 5 heteroatoms. The lowest BCUT2D eigenvalue weighted by Crippen LogP contribution is -2.25. The number of carbonyl (C=O) groups excluding carboxylic acids is 2. The quantitative estimate of drug-likeness (QED) is 0.761. The van der Waals surface area contributed by atoms with Crippen LogP contribution < -0.4 is 15.4 Å². The highest BCUT2D eigenvalue weighted by molar-refractivity contribution is 6.07. The van der Waals surface area contributed by atoms with Gasteiger partial charge in [-0.2, -0.15) is 0 Å². The maximum absolute atomic E-state index is 12.5. The van der Waals surface area contributed by atoms with Gasteiger partial charge in [0.1, 0.15) is 5.75 Å². The summed E-state index contributed by atoms with van der Waals surface area (Å²) in [6, 6.07) is 18.6. The summed E-state index contributed by atoms with van der Waals surface area (Å²) in [7, 11) is 0. The number of rotatable bonds is 2. The predicted octanol–water partition coefficient (Wildman–Crippen LogP) is 3.42. The summed E-state index contributed by atoms with van der Waals surface area (Å²) >= 11 is 0. The molecule has 0 bridgehead atoms. The molecule has 2 amide bonds. The van der Waals surface area contributed by atoms with Crippen LogP contribution in [0, 0.1) is 0 Å². The monoisotopic (exact) mass is 318 g/mol. The fraction of sp³-hybridized carbons (Fsp3) is 0.0526. The summed E-state index contributed by atoms with van der Waals surface area (Å²) < 4.78 is 5.30. The molecule has 0 fully saturated rings. The molecule has 1 aliphatic heterocycles. The predicted molar refractivity (Wildman–Crippen MR) is 92.5 cm³/mol. The largest absolute Gasteiger partial charge is 0.482 e. The van der Waals surface area contributed by atoms with Gasteiger partial charge in [0.05, 0.1) is 5.69 Å². The van der Waals surface area contributed by atoms with Crippen molar-refractivity contribution >= 4 is 34.0 Å². The van der Waals surface area contributed by atoms with E-state index in [0.29, 0.717) is 22.7 Å². The van der Waals surface area contributed by atoms with Crippen molar-refractivity contribution in [1.82, 2.24) is 0 Å². The number of hydrogen-bond donors (Lipinski definition) is 2. The average molecular weight is 318 g/mol. The number of fused-ring (bicyclic) bond motifs is 2. The minimum atomic E-state index is -0.208. The van der Waals surface area contributed by atoms with Crippen molar-refractivity contribution in [3.63, 3.8) is 0 Å². The third-order valence-corrected chi connectivity index (χ3v) is 3.88. The molecule has 0 spiro atoms. The van der Waals surface area contributed by atoms with Crippen LogP contribution in [-0.4, -0.2) is 18.4 Å². The molecule has 0 atom stereocenters. The maximum Gasteiger partial charge on any atom is 0.262 e. The van der Waals surface area contributed by atoms with Crippen molar-refractivity contribution in [3.05, 3.63) is 66.2 Å². The van der Waals surface area contributed by atoms with E-state index in [1.54, 1.807) is 24.3 Å². The molecule has 118 valence electrons. The van der Waals surface area contributed by atoms with Gasteiger partial charge in [0.25, 0.3) is 11.8 Å². The third kappa shape index (κ3) is 2.67. The van der Waals surface area contributed by atoms with Gasteiger partial charge in [-0.05, 0) is 41.1 Å². The molecular formula is C19H14N2O3. The van der Waals surface area contributed by atoms with Gasteiger partial charge in [0.2, 0.25) is 0 Å². The molecule has 0 saturated carbocycles. The van der Waals surface area contributed by atoms with Crippen molar-refractivity contribution in [2.45, 2.75) is 0 Å². The van der Waals surface area contributed by atoms with E-state index in [1.807, 2.05) is 36.4 Å². The highest BCUT2D eigenvalue weighted by Gasteiger charge is 2.16. The number of ether oxygens (including phenoxy) is 1. The Morgan fingerprint density at radius 2 is 1.83 bits per heavy atom. The Morgan fingerprint density at radius 1 is 1.00 bits per heavy atom. The lowest BCUT2D eigenvalue weighted by molar-refractivity contribution is -0.118. The van der Waals surface area contributed by atoms with E-state index in [1.165, 1.54) is 0 Å². The van der Waals surface area contributed by atoms with Crippen LogP contribution in [0.25, 0.3) is 10.8 Å². The van der Waals surface area contributed by atoms with Crippen molar-refractivity contribution in [1.29, 1.82) is 0 Å². The fourth-order valence-electron chi connectivity index (χ4n) is 2.69. The van der Waals surface area contributed by atoms with Crippen LogP contribution in [0.2, 0.25) is 0 Å². The topological polar surface area (TPSA) is 67.4 Å². The van der Waals surface area contributed by atoms with E-state index in [4.69, 9.17) is 4.74 Å². The van der Waals surface area contributed by atoms with Crippen molar-refractivity contribution in [3.8, 4) is 5.75 Å². The molecule has 0 aromatic heterocycles. The number of nitrogens with one attached hydrogen (secondary N) is 2. The second-order valence-electron chi connectivity index (χ2n) is 5.56. The Kier molecular flexibility index (Phi) is 3.39. The fourth-order valence-corrected chi connectivity index (χ4v) is 2.69. The van der Waals surface area contributed by atoms with Gasteiger partial charge >= 0.3 is 0 Å². The van der Waals surface area contributed by atoms with Gasteiger partial charge in [-0.15, -0.1) is 0 Å². The molecule has 1 heterocycles. The minimum Gasteiger partial charge on any atom is -0.482 e. The first-order valence-corrected chi connectivity index (χ1v) is 7.56. The molecule has 5 nitrogen and oxygen atoms in total. The number of hydrogen-bond acceptors (Lipinski definition) is 3. The summed E-state index contributed by atoms with van der Waals surface area (Å²) in [5, 5.41) is 7.66. The molecule has 4 rings (SSSR count). The van der Waals surface area contributed by atoms with E-state index in [2.05, 4.69) is 10.6 Å². The first-order valence-electron chi connectivity index (χ1n) is 7.56. The molecule has 24 heavy (non-hydrogen) atoms. The lowest BCUT2D eigenvalue weighted by Gasteiger charge is -2.18. The maximum atomic E-state index is 12.5. The minimum absolute atomic E-state index is 0.00972. The van der Waals surface area contributed by atoms with Gasteiger partial charge < -0.3 is 15.4 Å². The Hall–Kier alpha value is -3.34. The van der Waals surface area contributed by atoms with Crippen LogP contribution in [0.5, 0.6) is 5.75 Å². The molecule has 3 aromatic carbocycles. The zero-order chi connectivity index (χ0) is 16.5. The molecule has 0 unspecified atom stereocenters. The Balaban J connectivity index is 1.59. The van der Waals surface area contributed by atoms with E-state index in [-0.39, 0.29) is 18.4 Å². The van der Waals surface area contributed by atoms with Gasteiger partial charge in [0, 0.05) is 11.3 Å². The van der Waals surface area contributed by atoms with Crippen LogP contribution >= 0.6 is 0 Å². The molecule has 0 saturated heterocycles. The van der Waals surface area contributed by atoms with Crippen LogP contribution in [0.15, 0.2) is 60.7 Å². The zero-order valence-electron chi connectivity index (χ0n) is 12.7. The number of anilines is 2. The molecule has 3 aromatic rings. The molecular weight excluding hydrogens is 304 g/mol. The standard InChI is InChI=1S/C19H14N2O3/c22-18-11-24-17-8-7-15(10-16(17)21-18)20-19(23)14-6-5-12-3-1-2-4-13(12)9-14/h1-10H,11H2,(H,20,23)(H,21,22). The summed E-state index contributed by atoms with van der Waals surface area (Å²) in [4.78, 5) is 23.8. The van der Waals surface area contributed by atoms with Crippen LogP contribution in [0.4, 0.5) is 11.4 Å². The Bertz CT molecular complexity index is 966. The molecule has 1 aliphatic rings. The lowest BCUT2D eigenvalue weighted by atomic mass is 10.1. The third-order valence-electron chi connectivity index (χ3n) is 3.88. The van der Waals surface area contributed by atoms with E-state index in [0.717, 1.165) is 10.8 Å². The van der Waals surface area contributed by atoms with Crippen LogP contribution in [-0.2, 0) is 4.79 Å². The summed E-state index contributed by atoms with van der Waals surface area (Å²) in [6.45, 7) is 0.00972. The summed E-state index contributed by atoms with van der Waals surface area (Å²) in [6.07, 6.45) is 0.